The Morgan fingerprint density at radius 2 is 1.81 bits per heavy atom. The van der Waals surface area contributed by atoms with Crippen molar-refractivity contribution in [2.45, 2.75) is 128 Å². The number of rotatable bonds is 7. The van der Waals surface area contributed by atoms with Crippen molar-refractivity contribution >= 4 is 28.9 Å². The lowest BCUT2D eigenvalue weighted by Crippen LogP contribution is -2.61. The molecule has 3 unspecified atom stereocenters. The van der Waals surface area contributed by atoms with E-state index in [1.807, 2.05) is 56.3 Å². The summed E-state index contributed by atoms with van der Waals surface area (Å²) in [6.07, 6.45) is -2.63. The molecular formula is C44H59FN2O9S. The number of ether oxygens (including phenoxy) is 5. The van der Waals surface area contributed by atoms with Gasteiger partial charge in [0.15, 0.2) is 12.1 Å². The van der Waals surface area contributed by atoms with Gasteiger partial charge in [0.25, 0.3) is 5.67 Å². The maximum absolute atomic E-state index is 16.9. The fourth-order valence-corrected chi connectivity index (χ4v) is 9.89. The lowest BCUT2D eigenvalue weighted by atomic mass is 9.69. The van der Waals surface area contributed by atoms with Gasteiger partial charge in [0.1, 0.15) is 30.2 Å². The molecule has 3 fully saturated rings. The van der Waals surface area contributed by atoms with Gasteiger partial charge in [0, 0.05) is 35.9 Å². The van der Waals surface area contributed by atoms with Crippen LogP contribution in [0.15, 0.2) is 48.7 Å². The summed E-state index contributed by atoms with van der Waals surface area (Å²) in [6, 6.07) is 9.14. The Bertz CT molecular complexity index is 1840. The monoisotopic (exact) mass is 810 g/mol. The largest absolute Gasteiger partial charge is 0.457 e. The number of cyclic esters (lactones) is 1. The highest BCUT2D eigenvalue weighted by Gasteiger charge is 2.58. The Hall–Kier alpha value is -3.35. The first kappa shape index (κ1) is 44.7. The number of pyridine rings is 1. The molecule has 13 heteroatoms. The maximum atomic E-state index is 16.9. The van der Waals surface area contributed by atoms with Crippen molar-refractivity contribution in [3.8, 4) is 22.4 Å². The predicted octanol–water partition coefficient (Wildman–Crippen LogP) is 6.21. The zero-order valence-electron chi connectivity index (χ0n) is 34.9. The molecule has 13 atom stereocenters. The Labute approximate surface area is 340 Å². The number of halogens is 1. The van der Waals surface area contributed by atoms with Crippen LogP contribution in [0.3, 0.4) is 0 Å². The minimum atomic E-state index is -3.12. The second-order valence-corrected chi connectivity index (χ2v) is 17.9. The van der Waals surface area contributed by atoms with Gasteiger partial charge < -0.3 is 33.7 Å². The highest BCUT2D eigenvalue weighted by Crippen LogP contribution is 2.47. The van der Waals surface area contributed by atoms with Crippen molar-refractivity contribution in [3.63, 3.8) is 0 Å². The number of fused-ring (bicyclic) bond motifs is 1. The molecule has 0 aromatic carbocycles. The zero-order chi connectivity index (χ0) is 42.0. The minimum Gasteiger partial charge on any atom is -0.457 e. The molecule has 3 aliphatic rings. The van der Waals surface area contributed by atoms with E-state index < -0.39 is 76.9 Å². The number of ketones is 2. The molecule has 0 spiro atoms. The third kappa shape index (κ3) is 9.28. The molecule has 0 amide bonds. The fourth-order valence-electron chi connectivity index (χ4n) is 9.03. The molecule has 312 valence electrons. The van der Waals surface area contributed by atoms with Crippen LogP contribution in [0.4, 0.5) is 4.39 Å². The van der Waals surface area contributed by atoms with Crippen molar-refractivity contribution in [1.29, 1.82) is 0 Å². The van der Waals surface area contributed by atoms with E-state index in [2.05, 4.69) is 23.4 Å². The van der Waals surface area contributed by atoms with Crippen LogP contribution in [-0.4, -0.2) is 113 Å². The number of carbonyl (C=O) groups excluding carboxylic acids is 3. The normalized spacial score (nSPS) is 38.3. The number of aromatic nitrogens is 1. The first-order valence-electron chi connectivity index (χ1n) is 19.8. The second kappa shape index (κ2) is 17.9. The summed E-state index contributed by atoms with van der Waals surface area (Å²) in [5.41, 5.74) is -4.37. The zero-order valence-corrected chi connectivity index (χ0v) is 35.7. The third-order valence-corrected chi connectivity index (χ3v) is 13.1. The Morgan fingerprint density at radius 1 is 1.09 bits per heavy atom. The van der Waals surface area contributed by atoms with Crippen LogP contribution in [-0.2, 0) is 38.1 Å². The number of hydrogen-bond donors (Lipinski definition) is 1. The van der Waals surface area contributed by atoms with E-state index in [-0.39, 0.29) is 44.0 Å². The average molecular weight is 811 g/mol. The summed E-state index contributed by atoms with van der Waals surface area (Å²) < 4.78 is 48.4. The Morgan fingerprint density at radius 3 is 2.46 bits per heavy atom. The number of nitrogens with zero attached hydrogens (tertiary/aromatic N) is 2. The standard InChI is InChI=1S/C44H59FN2O9S/c1-12-34-44(9)35(26(3)24-53-44)28(5)36(48)25(2)23-42(7,52-21-15-16-30-18-19-33(57-30)31-17-13-14-20-46-31)39(29(6)38(50)43(8,45)41(51)55-34)56-40-37(49)32(47(10)11)22-27(4)54-40/h13-14,17-20,25,27-29,32,34-35,37,39-40,49H,3,12,21-24H2,1-2,4-11H3/t25?,27-,28?,29+,32+,34-,35+,37-,39-,40+,42-,43?,44-/m1/s1. The van der Waals surface area contributed by atoms with E-state index in [4.69, 9.17) is 23.7 Å². The van der Waals surface area contributed by atoms with Crippen molar-refractivity contribution in [3.05, 3.63) is 53.6 Å². The van der Waals surface area contributed by atoms with Crippen LogP contribution in [0.1, 0.15) is 79.5 Å². The first-order chi connectivity index (χ1) is 26.7. The van der Waals surface area contributed by atoms with Gasteiger partial charge in [-0.15, -0.1) is 11.3 Å². The SMILES string of the molecule is C=C1CO[C@]2(C)[C@@H](CC)OC(=O)C(C)(F)C(=O)[C@H](C)[C@@H](O[C@@H]3O[C@H](C)C[C@H](N(C)C)[C@H]3O)[C@](C)(OCC#Cc3ccc(-c4ccccn4)s3)CC(C)C(=O)C(C)[C@H]12. The lowest BCUT2D eigenvalue weighted by molar-refractivity contribution is -0.296. The van der Waals surface area contributed by atoms with Gasteiger partial charge in [-0.2, -0.15) is 0 Å². The van der Waals surface area contributed by atoms with E-state index in [9.17, 15) is 19.5 Å². The summed E-state index contributed by atoms with van der Waals surface area (Å²) in [4.78, 5) is 50.8. The molecule has 11 nitrogen and oxygen atoms in total. The number of carbonyl (C=O) groups is 3. The van der Waals surface area contributed by atoms with Gasteiger partial charge in [-0.05, 0) is 90.9 Å². The topological polar surface area (TPSA) is 134 Å². The average Bonchev–Trinajstić information content (AvgIpc) is 3.77. The molecule has 0 bridgehead atoms. The fraction of sp³-hybridized carbons (Fsp3) is 0.636. The summed E-state index contributed by atoms with van der Waals surface area (Å²) in [5, 5.41) is 11.6. The number of thiophene rings is 1. The Kier molecular flexibility index (Phi) is 14.0. The quantitative estimate of drug-likeness (QED) is 0.148. The van der Waals surface area contributed by atoms with E-state index in [0.717, 1.165) is 22.4 Å². The molecule has 2 aromatic heterocycles. The number of likely N-dealkylation sites (N-methyl/N-ethyl adjacent to an activating group) is 1. The van der Waals surface area contributed by atoms with Crippen LogP contribution in [0.5, 0.6) is 0 Å². The van der Waals surface area contributed by atoms with Crippen LogP contribution in [0, 0.1) is 35.5 Å². The van der Waals surface area contributed by atoms with Gasteiger partial charge in [0.2, 0.25) is 0 Å². The number of aliphatic hydroxyl groups excluding tert-OH is 1. The summed E-state index contributed by atoms with van der Waals surface area (Å²) >= 11 is 1.47. The van der Waals surface area contributed by atoms with Crippen LogP contribution in [0.2, 0.25) is 0 Å². The number of aliphatic hydroxyl groups is 1. The van der Waals surface area contributed by atoms with Gasteiger partial charge in [-0.25, -0.2) is 9.18 Å². The highest BCUT2D eigenvalue weighted by molar-refractivity contribution is 7.16. The number of alkyl halides is 1. The molecule has 1 N–H and O–H groups in total. The second-order valence-electron chi connectivity index (χ2n) is 16.8. The van der Waals surface area contributed by atoms with Gasteiger partial charge in [-0.1, -0.05) is 52.2 Å². The van der Waals surface area contributed by atoms with Crippen molar-refractivity contribution in [1.82, 2.24) is 9.88 Å². The molecular weight excluding hydrogens is 752 g/mol. The summed E-state index contributed by atoms with van der Waals surface area (Å²) in [7, 11) is 3.67. The van der Waals surface area contributed by atoms with E-state index in [1.54, 1.807) is 40.8 Å². The van der Waals surface area contributed by atoms with Gasteiger partial charge in [-0.3, -0.25) is 14.6 Å². The Balaban J connectivity index is 1.58. The number of hydrogen-bond acceptors (Lipinski definition) is 12. The molecule has 5 heterocycles. The number of esters is 1. The smallest absolute Gasteiger partial charge is 0.351 e. The van der Waals surface area contributed by atoms with Crippen molar-refractivity contribution in [2.75, 3.05) is 27.3 Å². The molecule has 5 rings (SSSR count). The molecule has 0 saturated carbocycles. The number of Topliss-reactive ketones (excluding diaryl/α,β-unsaturated/α-hetero) is 2. The first-order valence-corrected chi connectivity index (χ1v) is 20.7. The third-order valence-electron chi connectivity index (χ3n) is 12.1. The molecule has 3 aliphatic heterocycles. The van der Waals surface area contributed by atoms with E-state index in [0.29, 0.717) is 12.0 Å². The van der Waals surface area contributed by atoms with E-state index >= 15 is 4.39 Å². The molecule has 57 heavy (non-hydrogen) atoms. The maximum Gasteiger partial charge on any atom is 0.351 e. The molecule has 3 saturated heterocycles. The van der Waals surface area contributed by atoms with Crippen LogP contribution >= 0.6 is 11.3 Å². The molecule has 0 aliphatic carbocycles. The van der Waals surface area contributed by atoms with Gasteiger partial charge in [0.05, 0.1) is 39.9 Å². The lowest BCUT2D eigenvalue weighted by Gasteiger charge is -2.47. The molecule has 0 radical (unpaired) electrons. The van der Waals surface area contributed by atoms with Gasteiger partial charge >= 0.3 is 5.97 Å². The molecule has 2 aromatic rings. The summed E-state index contributed by atoms with van der Waals surface area (Å²) in [5.74, 6) is 0.322. The minimum absolute atomic E-state index is 0.0138. The summed E-state index contributed by atoms with van der Waals surface area (Å²) in [6.45, 7) is 17.2. The predicted molar refractivity (Wildman–Crippen MR) is 215 cm³/mol. The van der Waals surface area contributed by atoms with Crippen LogP contribution in [0.25, 0.3) is 10.6 Å². The highest BCUT2D eigenvalue weighted by atomic mass is 32.1. The van der Waals surface area contributed by atoms with Crippen molar-refractivity contribution in [2.24, 2.45) is 23.7 Å². The van der Waals surface area contributed by atoms with Crippen molar-refractivity contribution < 1.29 is 47.6 Å². The van der Waals surface area contributed by atoms with E-state index in [1.165, 1.54) is 18.3 Å². The van der Waals surface area contributed by atoms with Crippen LogP contribution < -0.4 is 0 Å².